The van der Waals surface area contributed by atoms with Gasteiger partial charge < -0.3 is 4.90 Å². The molecule has 1 aliphatic rings. The van der Waals surface area contributed by atoms with Crippen LogP contribution in [0, 0.1) is 0 Å². The molecule has 0 unspecified atom stereocenters. The predicted octanol–water partition coefficient (Wildman–Crippen LogP) is 4.31. The van der Waals surface area contributed by atoms with E-state index < -0.39 is 10.0 Å². The molecule has 1 aliphatic heterocycles. The largest absolute Gasteiger partial charge is 0.308 e. The zero-order chi connectivity index (χ0) is 18.4. The first-order chi connectivity index (χ1) is 11.7. The molecule has 1 N–H and O–H groups in total. The van der Waals surface area contributed by atoms with Gasteiger partial charge in [0.15, 0.2) is 0 Å². The van der Waals surface area contributed by atoms with Gasteiger partial charge in [0.25, 0.3) is 10.0 Å². The summed E-state index contributed by atoms with van der Waals surface area (Å²) in [5, 5.41) is 0. The molecule has 0 spiro atoms. The third-order valence-electron chi connectivity index (χ3n) is 4.06. The number of nitrogens with zero attached hydrogens (tertiary/aromatic N) is 1. The second-order valence-electron chi connectivity index (χ2n) is 5.94. The van der Waals surface area contributed by atoms with E-state index >= 15 is 0 Å². The fourth-order valence-electron chi connectivity index (χ4n) is 3.10. The summed E-state index contributed by atoms with van der Waals surface area (Å²) in [6.07, 6.45) is 0.617. The molecule has 3 rings (SSSR count). The van der Waals surface area contributed by atoms with Gasteiger partial charge in [-0.1, -0.05) is 28.1 Å². The van der Waals surface area contributed by atoms with Crippen LogP contribution in [0.4, 0.5) is 11.4 Å². The van der Waals surface area contributed by atoms with Gasteiger partial charge in [-0.2, -0.15) is 0 Å². The summed E-state index contributed by atoms with van der Waals surface area (Å²) in [4.78, 5) is 13.7. The number of amides is 1. The molecule has 1 heterocycles. The molecular weight excluding hydrogens is 472 g/mol. The summed E-state index contributed by atoms with van der Waals surface area (Å²) in [5.41, 5.74) is 1.74. The van der Waals surface area contributed by atoms with Crippen LogP contribution >= 0.6 is 31.9 Å². The van der Waals surface area contributed by atoms with E-state index in [0.717, 1.165) is 5.56 Å². The van der Waals surface area contributed by atoms with Crippen molar-refractivity contribution >= 4 is 59.2 Å². The first kappa shape index (κ1) is 18.4. The maximum atomic E-state index is 13.0. The summed E-state index contributed by atoms with van der Waals surface area (Å²) in [6, 6.07) is 10.3. The molecule has 0 fully saturated rings. The lowest BCUT2D eigenvalue weighted by atomic mass is 10.1. The standard InChI is InChI=1S/C17H16Br2N2O3S/c1-10-7-12-8-13(18)9-16(17(12)21(10)11(2)22)25(23,24)20-15-6-4-3-5-14(15)19/h3-6,8-10,20H,7H2,1-2H3/t10-/m1/s1. The highest BCUT2D eigenvalue weighted by Crippen LogP contribution is 2.41. The van der Waals surface area contributed by atoms with Crippen LogP contribution in [0.3, 0.4) is 0 Å². The molecule has 2 aromatic rings. The lowest BCUT2D eigenvalue weighted by Gasteiger charge is -2.23. The van der Waals surface area contributed by atoms with Crippen molar-refractivity contribution in [3.8, 4) is 0 Å². The van der Waals surface area contributed by atoms with E-state index in [0.29, 0.717) is 26.7 Å². The predicted molar refractivity (Wildman–Crippen MR) is 105 cm³/mol. The second-order valence-corrected chi connectivity index (χ2v) is 9.36. The van der Waals surface area contributed by atoms with Crippen LogP contribution in [0.15, 0.2) is 50.2 Å². The van der Waals surface area contributed by atoms with Crippen LogP contribution in [-0.2, 0) is 21.2 Å². The van der Waals surface area contributed by atoms with Crippen LogP contribution in [0.5, 0.6) is 0 Å². The van der Waals surface area contributed by atoms with Gasteiger partial charge in [0.05, 0.1) is 11.4 Å². The van der Waals surface area contributed by atoms with Gasteiger partial charge in [0.1, 0.15) is 4.90 Å². The topological polar surface area (TPSA) is 66.5 Å². The Hall–Kier alpha value is -1.38. The van der Waals surface area contributed by atoms with Gasteiger partial charge in [-0.3, -0.25) is 9.52 Å². The summed E-state index contributed by atoms with van der Waals surface area (Å²) in [7, 11) is -3.88. The fourth-order valence-corrected chi connectivity index (χ4v) is 5.62. The molecule has 8 heteroatoms. The highest BCUT2D eigenvalue weighted by atomic mass is 79.9. The van der Waals surface area contributed by atoms with E-state index in [1.165, 1.54) is 13.0 Å². The summed E-state index contributed by atoms with van der Waals surface area (Å²) < 4.78 is 30.0. The number of rotatable bonds is 3. The summed E-state index contributed by atoms with van der Waals surface area (Å²) in [5.74, 6) is -0.175. The van der Waals surface area contributed by atoms with Crippen molar-refractivity contribution in [3.63, 3.8) is 0 Å². The van der Waals surface area contributed by atoms with Crippen LogP contribution in [0.2, 0.25) is 0 Å². The maximum Gasteiger partial charge on any atom is 0.264 e. The van der Waals surface area contributed by atoms with Gasteiger partial charge >= 0.3 is 0 Å². The third-order valence-corrected chi connectivity index (χ3v) is 6.59. The van der Waals surface area contributed by atoms with Crippen LogP contribution in [0.25, 0.3) is 0 Å². The van der Waals surface area contributed by atoms with E-state index in [1.807, 2.05) is 13.0 Å². The highest BCUT2D eigenvalue weighted by molar-refractivity contribution is 9.10. The number of hydrogen-bond donors (Lipinski definition) is 1. The van der Waals surface area contributed by atoms with Crippen molar-refractivity contribution in [2.75, 3.05) is 9.62 Å². The summed E-state index contributed by atoms with van der Waals surface area (Å²) >= 11 is 6.72. The van der Waals surface area contributed by atoms with Gasteiger partial charge in [0.2, 0.25) is 5.91 Å². The van der Waals surface area contributed by atoms with Crippen molar-refractivity contribution < 1.29 is 13.2 Å². The molecule has 25 heavy (non-hydrogen) atoms. The zero-order valence-electron chi connectivity index (χ0n) is 13.6. The molecule has 1 amide bonds. The minimum Gasteiger partial charge on any atom is -0.308 e. The number of fused-ring (bicyclic) bond motifs is 1. The van der Waals surface area contributed by atoms with Gasteiger partial charge in [-0.15, -0.1) is 0 Å². The molecule has 132 valence electrons. The first-order valence-corrected chi connectivity index (χ1v) is 10.7. The minimum absolute atomic E-state index is 0.0841. The molecule has 0 bridgehead atoms. The first-order valence-electron chi connectivity index (χ1n) is 7.60. The van der Waals surface area contributed by atoms with Crippen molar-refractivity contribution in [1.29, 1.82) is 0 Å². The van der Waals surface area contributed by atoms with E-state index in [1.54, 1.807) is 29.2 Å². The Kier molecular flexibility index (Phi) is 4.96. The number of carbonyl (C=O) groups excluding carboxylic acids is 1. The average Bonchev–Trinajstić information content (AvgIpc) is 2.84. The smallest absolute Gasteiger partial charge is 0.264 e. The molecule has 0 radical (unpaired) electrons. The van der Waals surface area contributed by atoms with Crippen LogP contribution in [0.1, 0.15) is 19.4 Å². The molecule has 0 aliphatic carbocycles. The number of benzene rings is 2. The van der Waals surface area contributed by atoms with Crippen molar-refractivity contribution in [2.45, 2.75) is 31.2 Å². The zero-order valence-corrected chi connectivity index (χ0v) is 17.6. The third kappa shape index (κ3) is 3.47. The van der Waals surface area contributed by atoms with Crippen LogP contribution in [-0.4, -0.2) is 20.4 Å². The molecule has 0 saturated heterocycles. The number of halogens is 2. The highest BCUT2D eigenvalue weighted by Gasteiger charge is 2.35. The quantitative estimate of drug-likeness (QED) is 0.701. The van der Waals surface area contributed by atoms with Crippen molar-refractivity contribution in [1.82, 2.24) is 0 Å². The Morgan fingerprint density at radius 3 is 2.56 bits per heavy atom. The Balaban J connectivity index is 2.15. The number of nitrogens with one attached hydrogen (secondary N) is 1. The van der Waals surface area contributed by atoms with Gasteiger partial charge in [0, 0.05) is 21.9 Å². The molecular formula is C17H16Br2N2O3S. The molecule has 1 atom stereocenters. The lowest BCUT2D eigenvalue weighted by molar-refractivity contribution is -0.116. The molecule has 2 aromatic carbocycles. The van der Waals surface area contributed by atoms with E-state index in [4.69, 9.17) is 0 Å². The summed E-state index contributed by atoms with van der Waals surface area (Å²) in [6.45, 7) is 3.36. The van der Waals surface area contributed by atoms with E-state index in [-0.39, 0.29) is 16.8 Å². The number of anilines is 2. The van der Waals surface area contributed by atoms with Crippen molar-refractivity contribution in [2.24, 2.45) is 0 Å². The molecule has 5 nitrogen and oxygen atoms in total. The SMILES string of the molecule is CC(=O)N1c2c(cc(Br)cc2S(=O)(=O)Nc2ccccc2Br)C[C@H]1C. The average molecular weight is 488 g/mol. The second kappa shape index (κ2) is 6.74. The molecule has 0 saturated carbocycles. The minimum atomic E-state index is -3.88. The lowest BCUT2D eigenvalue weighted by Crippen LogP contribution is -2.34. The van der Waals surface area contributed by atoms with Crippen molar-refractivity contribution in [3.05, 3.63) is 50.9 Å². The maximum absolute atomic E-state index is 13.0. The van der Waals surface area contributed by atoms with Gasteiger partial charge in [-0.25, -0.2) is 8.42 Å². The number of carbonyl (C=O) groups is 1. The number of sulfonamides is 1. The van der Waals surface area contributed by atoms with Gasteiger partial charge in [-0.05, 0) is 59.1 Å². The fraction of sp³-hybridized carbons (Fsp3) is 0.235. The van der Waals surface area contributed by atoms with E-state index in [9.17, 15) is 13.2 Å². The molecule has 0 aromatic heterocycles. The van der Waals surface area contributed by atoms with E-state index in [2.05, 4.69) is 36.6 Å². The Labute approximate surface area is 163 Å². The monoisotopic (exact) mass is 486 g/mol. The Morgan fingerprint density at radius 1 is 1.24 bits per heavy atom. The Bertz CT molecular complexity index is 960. The number of para-hydroxylation sites is 1. The van der Waals surface area contributed by atoms with Crippen LogP contribution < -0.4 is 9.62 Å². The normalized spacial score (nSPS) is 16.6. The number of hydrogen-bond acceptors (Lipinski definition) is 3. The Morgan fingerprint density at radius 2 is 1.92 bits per heavy atom.